The molecule has 0 radical (unpaired) electrons. The Labute approximate surface area is 227 Å². The predicted molar refractivity (Wildman–Crippen MR) is 145 cm³/mol. The molecule has 1 saturated heterocycles. The van der Waals surface area contributed by atoms with Crippen LogP contribution in [-0.2, 0) is 4.79 Å². The van der Waals surface area contributed by atoms with Gasteiger partial charge in [-0.05, 0) is 42.7 Å². The third kappa shape index (κ3) is 5.21. The molecule has 0 bridgehead atoms. The van der Waals surface area contributed by atoms with Crippen LogP contribution in [0.1, 0.15) is 78.7 Å². The summed E-state index contributed by atoms with van der Waals surface area (Å²) in [4.78, 5) is 32.3. The van der Waals surface area contributed by atoms with Crippen LogP contribution in [-0.4, -0.2) is 39.8 Å². The molecule has 9 heteroatoms. The number of carbonyl (C=O) groups is 2. The lowest BCUT2D eigenvalue weighted by Gasteiger charge is -2.45. The van der Waals surface area contributed by atoms with Gasteiger partial charge in [0.1, 0.15) is 11.6 Å². The molecule has 3 N–H and O–H groups in total. The van der Waals surface area contributed by atoms with Gasteiger partial charge in [0.05, 0.1) is 31.3 Å². The van der Waals surface area contributed by atoms with Crippen LogP contribution >= 0.6 is 0 Å². The fraction of sp³-hybridized carbons (Fsp3) is 0.333. The van der Waals surface area contributed by atoms with E-state index in [9.17, 15) is 14.0 Å². The number of carbonyl (C=O) groups excluding carboxylic acids is 2. The maximum absolute atomic E-state index is 14.3. The van der Waals surface area contributed by atoms with E-state index in [-0.39, 0.29) is 30.2 Å². The Kier molecular flexibility index (Phi) is 7.32. The molecule has 3 heterocycles. The quantitative estimate of drug-likeness (QED) is 0.404. The number of hydrogen-bond donors (Lipinski definition) is 3. The molecule has 2 aromatic carbocycles. The van der Waals surface area contributed by atoms with Crippen molar-refractivity contribution >= 4 is 17.8 Å². The van der Waals surface area contributed by atoms with E-state index in [0.717, 1.165) is 17.5 Å². The van der Waals surface area contributed by atoms with Crippen LogP contribution in [0.2, 0.25) is 0 Å². The number of amides is 2. The highest BCUT2D eigenvalue weighted by atomic mass is 19.1. The van der Waals surface area contributed by atoms with Gasteiger partial charge in [-0.3, -0.25) is 24.9 Å². The number of halogens is 1. The zero-order valence-electron chi connectivity index (χ0n) is 22.0. The summed E-state index contributed by atoms with van der Waals surface area (Å²) >= 11 is 0. The minimum absolute atomic E-state index is 0.0575. The number of hydrogen-bond acceptors (Lipinski definition) is 5. The summed E-state index contributed by atoms with van der Waals surface area (Å²) in [7, 11) is 0. The van der Waals surface area contributed by atoms with E-state index in [1.807, 2.05) is 38.1 Å². The number of para-hydroxylation sites is 1. The SMILES string of the molecule is CCC1(CC)CC(=O)N(C(c2cncc(F)c2)c2cccc(C(=O)N[C@H]3CCOc4ccccc43)c2)C(=N)N1. The van der Waals surface area contributed by atoms with Gasteiger partial charge >= 0.3 is 0 Å². The fourth-order valence-electron chi connectivity index (χ4n) is 5.46. The smallest absolute Gasteiger partial charge is 0.251 e. The number of ether oxygens (including phenoxy) is 1. The van der Waals surface area contributed by atoms with Crippen LogP contribution in [0.4, 0.5) is 4.39 Å². The molecular formula is C30H32FN5O3. The lowest BCUT2D eigenvalue weighted by Crippen LogP contribution is -2.62. The number of rotatable bonds is 7. The van der Waals surface area contributed by atoms with E-state index in [2.05, 4.69) is 15.6 Å². The molecule has 2 amide bonds. The van der Waals surface area contributed by atoms with E-state index in [1.165, 1.54) is 17.2 Å². The summed E-state index contributed by atoms with van der Waals surface area (Å²) < 4.78 is 20.0. The second kappa shape index (κ2) is 10.8. The molecule has 1 fully saturated rings. The lowest BCUT2D eigenvalue weighted by atomic mass is 9.85. The van der Waals surface area contributed by atoms with Crippen molar-refractivity contribution in [3.63, 3.8) is 0 Å². The fourth-order valence-corrected chi connectivity index (χ4v) is 5.46. The Hall–Kier alpha value is -4.27. The first-order chi connectivity index (χ1) is 18.8. The Morgan fingerprint density at radius 1 is 1.18 bits per heavy atom. The van der Waals surface area contributed by atoms with Crippen molar-refractivity contribution in [2.24, 2.45) is 0 Å². The molecule has 1 unspecified atom stereocenters. The maximum atomic E-state index is 14.3. The van der Waals surface area contributed by atoms with Gasteiger partial charge < -0.3 is 15.4 Å². The average molecular weight is 530 g/mol. The van der Waals surface area contributed by atoms with Crippen LogP contribution in [0.15, 0.2) is 67.0 Å². The molecule has 2 aliphatic rings. The zero-order chi connectivity index (χ0) is 27.6. The molecule has 1 aromatic heterocycles. The minimum atomic E-state index is -0.844. The summed E-state index contributed by atoms with van der Waals surface area (Å²) in [6, 6.07) is 14.8. The molecule has 5 rings (SSSR count). The van der Waals surface area contributed by atoms with E-state index in [0.29, 0.717) is 42.6 Å². The Morgan fingerprint density at radius 2 is 1.97 bits per heavy atom. The van der Waals surface area contributed by atoms with Crippen LogP contribution in [0.3, 0.4) is 0 Å². The van der Waals surface area contributed by atoms with Gasteiger partial charge in [0.2, 0.25) is 5.91 Å². The second-order valence-corrected chi connectivity index (χ2v) is 10.1. The largest absolute Gasteiger partial charge is 0.493 e. The van der Waals surface area contributed by atoms with Gasteiger partial charge in [0.25, 0.3) is 5.91 Å². The molecule has 0 saturated carbocycles. The number of fused-ring (bicyclic) bond motifs is 1. The van der Waals surface area contributed by atoms with E-state index >= 15 is 0 Å². The summed E-state index contributed by atoms with van der Waals surface area (Å²) in [5.41, 5.74) is 1.79. The normalized spacial score (nSPS) is 18.9. The van der Waals surface area contributed by atoms with Gasteiger partial charge in [-0.15, -0.1) is 0 Å². The number of benzene rings is 2. The first kappa shape index (κ1) is 26.3. The molecule has 3 aromatic rings. The van der Waals surface area contributed by atoms with Gasteiger partial charge in [-0.1, -0.05) is 44.2 Å². The predicted octanol–water partition coefficient (Wildman–Crippen LogP) is 4.88. The third-order valence-electron chi connectivity index (χ3n) is 7.76. The summed E-state index contributed by atoms with van der Waals surface area (Å²) in [6.07, 6.45) is 4.79. The van der Waals surface area contributed by atoms with Crippen molar-refractivity contribution in [1.29, 1.82) is 5.41 Å². The van der Waals surface area contributed by atoms with E-state index < -0.39 is 17.4 Å². The summed E-state index contributed by atoms with van der Waals surface area (Å²) in [5.74, 6) is -0.372. The molecule has 202 valence electrons. The lowest BCUT2D eigenvalue weighted by molar-refractivity contribution is -0.132. The molecule has 0 aliphatic carbocycles. The van der Waals surface area contributed by atoms with Crippen molar-refractivity contribution in [3.05, 3.63) is 95.1 Å². The minimum Gasteiger partial charge on any atom is -0.493 e. The highest BCUT2D eigenvalue weighted by Crippen LogP contribution is 2.35. The van der Waals surface area contributed by atoms with Crippen LogP contribution in [0, 0.1) is 11.2 Å². The standard InChI is InChI=1S/C30H32FN5O3/c1-3-30(4-2)16-26(37)36(29(32)35-30)27(21-15-22(31)18-33-17-21)19-8-7-9-20(14-19)28(38)34-24-12-13-39-25-11-6-5-10-23(24)25/h5-11,14-15,17-18,24,27H,3-4,12-13,16H2,1-2H3,(H2,32,35)(H,34,38)/t24-,27?/m0/s1. The first-order valence-corrected chi connectivity index (χ1v) is 13.3. The molecule has 2 atom stereocenters. The highest BCUT2D eigenvalue weighted by molar-refractivity contribution is 6.00. The van der Waals surface area contributed by atoms with Crippen molar-refractivity contribution in [2.45, 2.75) is 57.2 Å². The molecule has 2 aliphatic heterocycles. The van der Waals surface area contributed by atoms with Gasteiger partial charge in [-0.25, -0.2) is 4.39 Å². The monoisotopic (exact) mass is 529 g/mol. The maximum Gasteiger partial charge on any atom is 0.251 e. The van der Waals surface area contributed by atoms with Crippen molar-refractivity contribution < 1.29 is 18.7 Å². The number of pyridine rings is 1. The van der Waals surface area contributed by atoms with Crippen molar-refractivity contribution in [1.82, 2.24) is 20.5 Å². The molecule has 8 nitrogen and oxygen atoms in total. The number of nitrogens with one attached hydrogen (secondary N) is 3. The zero-order valence-corrected chi connectivity index (χ0v) is 22.0. The first-order valence-electron chi connectivity index (χ1n) is 13.3. The van der Waals surface area contributed by atoms with Crippen LogP contribution in [0.5, 0.6) is 5.75 Å². The van der Waals surface area contributed by atoms with Gasteiger partial charge in [0, 0.05) is 34.8 Å². The van der Waals surface area contributed by atoms with E-state index in [4.69, 9.17) is 10.1 Å². The highest BCUT2D eigenvalue weighted by Gasteiger charge is 2.42. The third-order valence-corrected chi connectivity index (χ3v) is 7.76. The Balaban J connectivity index is 1.48. The topological polar surface area (TPSA) is 107 Å². The van der Waals surface area contributed by atoms with Gasteiger partial charge in [-0.2, -0.15) is 0 Å². The number of aromatic nitrogens is 1. The summed E-state index contributed by atoms with van der Waals surface area (Å²) in [5, 5.41) is 15.1. The number of nitrogens with zero attached hydrogens (tertiary/aromatic N) is 2. The molecule has 39 heavy (non-hydrogen) atoms. The molecule has 0 spiro atoms. The Bertz CT molecular complexity index is 1390. The summed E-state index contributed by atoms with van der Waals surface area (Å²) in [6.45, 7) is 4.47. The van der Waals surface area contributed by atoms with Crippen molar-refractivity contribution in [2.75, 3.05) is 6.61 Å². The second-order valence-electron chi connectivity index (χ2n) is 10.1. The molecular weight excluding hydrogens is 497 g/mol. The number of guanidine groups is 1. The van der Waals surface area contributed by atoms with Crippen LogP contribution < -0.4 is 15.4 Å². The van der Waals surface area contributed by atoms with E-state index in [1.54, 1.807) is 24.3 Å². The Morgan fingerprint density at radius 3 is 2.72 bits per heavy atom. The van der Waals surface area contributed by atoms with Crippen LogP contribution in [0.25, 0.3) is 0 Å². The van der Waals surface area contributed by atoms with Crippen molar-refractivity contribution in [3.8, 4) is 5.75 Å². The van der Waals surface area contributed by atoms with Gasteiger partial charge in [0.15, 0.2) is 5.96 Å². The average Bonchev–Trinajstić information content (AvgIpc) is 2.95.